The highest BCUT2D eigenvalue weighted by Crippen LogP contribution is 2.28. The second-order valence-corrected chi connectivity index (χ2v) is 4.05. The molecule has 1 aromatic heterocycles. The molecule has 16 heavy (non-hydrogen) atoms. The number of furan rings is 1. The van der Waals surface area contributed by atoms with Crippen molar-refractivity contribution in [3.05, 3.63) is 35.5 Å². The van der Waals surface area contributed by atoms with E-state index in [1.165, 1.54) is 5.57 Å². The van der Waals surface area contributed by atoms with E-state index in [0.717, 1.165) is 37.4 Å². The quantitative estimate of drug-likeness (QED) is 0.849. The van der Waals surface area contributed by atoms with Crippen LogP contribution in [0.15, 0.2) is 28.4 Å². The standard InChI is InChI=1S/C13H19NO2/c1-3-11-6-7-12(16-11)13(14-2)10-5-4-8-15-9-10/h6-7,9,13-14H,3-5,8H2,1-2H3. The van der Waals surface area contributed by atoms with Gasteiger partial charge in [-0.05, 0) is 37.6 Å². The fraction of sp³-hybridized carbons (Fsp3) is 0.538. The average Bonchev–Trinajstić information content (AvgIpc) is 2.80. The summed E-state index contributed by atoms with van der Waals surface area (Å²) in [4.78, 5) is 0. The Hall–Kier alpha value is -1.22. The molecule has 1 aliphatic heterocycles. The van der Waals surface area contributed by atoms with E-state index < -0.39 is 0 Å². The summed E-state index contributed by atoms with van der Waals surface area (Å²) in [5.41, 5.74) is 1.27. The van der Waals surface area contributed by atoms with E-state index in [2.05, 4.69) is 18.3 Å². The Morgan fingerprint density at radius 2 is 2.31 bits per heavy atom. The zero-order valence-electron chi connectivity index (χ0n) is 9.95. The molecule has 1 atom stereocenters. The van der Waals surface area contributed by atoms with Gasteiger partial charge in [0.05, 0.1) is 18.9 Å². The fourth-order valence-electron chi connectivity index (χ4n) is 2.05. The minimum Gasteiger partial charge on any atom is -0.501 e. The number of hydrogen-bond donors (Lipinski definition) is 1. The Morgan fingerprint density at radius 3 is 2.88 bits per heavy atom. The normalized spacial score (nSPS) is 17.8. The smallest absolute Gasteiger partial charge is 0.125 e. The van der Waals surface area contributed by atoms with Crippen molar-refractivity contribution in [3.63, 3.8) is 0 Å². The van der Waals surface area contributed by atoms with E-state index >= 15 is 0 Å². The van der Waals surface area contributed by atoms with Gasteiger partial charge < -0.3 is 14.5 Å². The van der Waals surface area contributed by atoms with E-state index in [4.69, 9.17) is 9.15 Å². The summed E-state index contributed by atoms with van der Waals surface area (Å²) in [7, 11) is 1.95. The van der Waals surface area contributed by atoms with Gasteiger partial charge in [-0.25, -0.2) is 0 Å². The molecule has 3 heteroatoms. The molecule has 88 valence electrons. The molecular weight excluding hydrogens is 202 g/mol. The first-order chi connectivity index (χ1) is 7.85. The van der Waals surface area contributed by atoms with E-state index in [-0.39, 0.29) is 6.04 Å². The maximum Gasteiger partial charge on any atom is 0.125 e. The Kier molecular flexibility index (Phi) is 3.67. The summed E-state index contributed by atoms with van der Waals surface area (Å²) >= 11 is 0. The molecule has 0 spiro atoms. The number of nitrogens with one attached hydrogen (secondary N) is 1. The van der Waals surface area contributed by atoms with Crippen molar-refractivity contribution in [2.75, 3.05) is 13.7 Å². The summed E-state index contributed by atoms with van der Waals surface area (Å²) < 4.78 is 11.2. The molecule has 0 fully saturated rings. The van der Waals surface area contributed by atoms with Crippen molar-refractivity contribution >= 4 is 0 Å². The van der Waals surface area contributed by atoms with Crippen molar-refractivity contribution < 1.29 is 9.15 Å². The third kappa shape index (κ3) is 2.30. The third-order valence-corrected chi connectivity index (χ3v) is 2.94. The second-order valence-electron chi connectivity index (χ2n) is 4.05. The number of aryl methyl sites for hydroxylation is 1. The van der Waals surface area contributed by atoms with Gasteiger partial charge in [0.2, 0.25) is 0 Å². The predicted octanol–water partition coefficient (Wildman–Crippen LogP) is 2.80. The Balaban J connectivity index is 2.17. The van der Waals surface area contributed by atoms with Gasteiger partial charge in [-0.3, -0.25) is 0 Å². The van der Waals surface area contributed by atoms with Crippen LogP contribution in [0.5, 0.6) is 0 Å². The fourth-order valence-corrected chi connectivity index (χ4v) is 2.05. The lowest BCUT2D eigenvalue weighted by atomic mass is 10.0. The largest absolute Gasteiger partial charge is 0.501 e. The number of likely N-dealkylation sites (N-methyl/N-ethyl adjacent to an activating group) is 1. The Labute approximate surface area is 96.5 Å². The van der Waals surface area contributed by atoms with E-state index in [0.29, 0.717) is 0 Å². The Bertz CT molecular complexity index is 368. The van der Waals surface area contributed by atoms with Gasteiger partial charge in [0.1, 0.15) is 11.5 Å². The molecule has 0 aromatic carbocycles. The van der Waals surface area contributed by atoms with Crippen LogP contribution in [-0.2, 0) is 11.2 Å². The van der Waals surface area contributed by atoms with Crippen LogP contribution in [0.3, 0.4) is 0 Å². The van der Waals surface area contributed by atoms with Gasteiger partial charge in [-0.2, -0.15) is 0 Å². The molecule has 0 bridgehead atoms. The predicted molar refractivity (Wildman–Crippen MR) is 63.2 cm³/mol. The van der Waals surface area contributed by atoms with Crippen molar-refractivity contribution in [1.29, 1.82) is 0 Å². The van der Waals surface area contributed by atoms with Crippen LogP contribution in [0.4, 0.5) is 0 Å². The minimum absolute atomic E-state index is 0.153. The summed E-state index contributed by atoms with van der Waals surface area (Å²) in [6, 6.07) is 4.25. The van der Waals surface area contributed by atoms with Crippen LogP contribution in [0.1, 0.15) is 37.3 Å². The lowest BCUT2D eigenvalue weighted by Gasteiger charge is -2.21. The van der Waals surface area contributed by atoms with Crippen LogP contribution in [0, 0.1) is 0 Å². The maximum atomic E-state index is 5.78. The van der Waals surface area contributed by atoms with Gasteiger partial charge in [0.15, 0.2) is 0 Å². The molecule has 2 heterocycles. The summed E-state index contributed by atoms with van der Waals surface area (Å²) in [6.45, 7) is 2.93. The average molecular weight is 221 g/mol. The highest BCUT2D eigenvalue weighted by atomic mass is 16.5. The molecule has 0 saturated carbocycles. The molecule has 1 N–H and O–H groups in total. The topological polar surface area (TPSA) is 34.4 Å². The lowest BCUT2D eigenvalue weighted by molar-refractivity contribution is 0.218. The molecule has 0 amide bonds. The molecular formula is C13H19NO2. The molecule has 1 aliphatic rings. The molecule has 0 radical (unpaired) electrons. The zero-order chi connectivity index (χ0) is 11.4. The highest BCUT2D eigenvalue weighted by Gasteiger charge is 2.20. The summed E-state index contributed by atoms with van der Waals surface area (Å²) in [5.74, 6) is 2.02. The van der Waals surface area contributed by atoms with Crippen LogP contribution < -0.4 is 5.32 Å². The second kappa shape index (κ2) is 5.21. The zero-order valence-corrected chi connectivity index (χ0v) is 9.95. The van der Waals surface area contributed by atoms with Gasteiger partial charge in [-0.15, -0.1) is 0 Å². The van der Waals surface area contributed by atoms with E-state index in [1.807, 2.05) is 19.4 Å². The summed E-state index contributed by atoms with van der Waals surface area (Å²) in [6.07, 6.45) is 4.98. The van der Waals surface area contributed by atoms with Crippen molar-refractivity contribution in [2.45, 2.75) is 32.2 Å². The molecule has 1 aromatic rings. The van der Waals surface area contributed by atoms with Crippen molar-refractivity contribution in [1.82, 2.24) is 5.32 Å². The SMILES string of the molecule is CCc1ccc(C(NC)C2=COCCC2)o1. The number of ether oxygens (including phenoxy) is 1. The van der Waals surface area contributed by atoms with E-state index in [9.17, 15) is 0 Å². The highest BCUT2D eigenvalue weighted by molar-refractivity contribution is 5.22. The Morgan fingerprint density at radius 1 is 1.44 bits per heavy atom. The van der Waals surface area contributed by atoms with Gasteiger partial charge in [0.25, 0.3) is 0 Å². The molecule has 1 unspecified atom stereocenters. The first kappa shape index (κ1) is 11.3. The van der Waals surface area contributed by atoms with Crippen LogP contribution in [-0.4, -0.2) is 13.7 Å². The molecule has 2 rings (SSSR count). The van der Waals surface area contributed by atoms with Gasteiger partial charge in [-0.1, -0.05) is 6.92 Å². The van der Waals surface area contributed by atoms with Crippen LogP contribution >= 0.6 is 0 Å². The van der Waals surface area contributed by atoms with E-state index in [1.54, 1.807) is 0 Å². The lowest BCUT2D eigenvalue weighted by Crippen LogP contribution is -2.20. The molecule has 3 nitrogen and oxygen atoms in total. The third-order valence-electron chi connectivity index (χ3n) is 2.94. The first-order valence-corrected chi connectivity index (χ1v) is 5.91. The summed E-state index contributed by atoms with van der Waals surface area (Å²) in [5, 5.41) is 3.28. The van der Waals surface area contributed by atoms with Crippen molar-refractivity contribution in [3.8, 4) is 0 Å². The monoisotopic (exact) mass is 221 g/mol. The minimum atomic E-state index is 0.153. The molecule has 0 saturated heterocycles. The maximum absolute atomic E-state index is 5.78. The van der Waals surface area contributed by atoms with Crippen LogP contribution in [0.25, 0.3) is 0 Å². The number of hydrogen-bond acceptors (Lipinski definition) is 3. The first-order valence-electron chi connectivity index (χ1n) is 5.91. The number of rotatable bonds is 4. The van der Waals surface area contributed by atoms with Gasteiger partial charge in [0, 0.05) is 6.42 Å². The van der Waals surface area contributed by atoms with Crippen LogP contribution in [0.2, 0.25) is 0 Å². The van der Waals surface area contributed by atoms with Crippen molar-refractivity contribution in [2.24, 2.45) is 0 Å². The molecule has 0 aliphatic carbocycles. The van der Waals surface area contributed by atoms with Gasteiger partial charge >= 0.3 is 0 Å².